The summed E-state index contributed by atoms with van der Waals surface area (Å²) < 4.78 is 0. The van der Waals surface area contributed by atoms with Crippen LogP contribution in [0.1, 0.15) is 35.3 Å². The molecule has 0 unspecified atom stereocenters. The van der Waals surface area contributed by atoms with Crippen molar-refractivity contribution < 1.29 is 9.59 Å². The summed E-state index contributed by atoms with van der Waals surface area (Å²) in [5, 5.41) is 3.03. The molecule has 0 aliphatic heterocycles. The molecule has 0 aliphatic carbocycles. The number of rotatable bonds is 4. The molecule has 0 aromatic heterocycles. The highest BCUT2D eigenvalue weighted by atomic mass is 16.1. The number of benzene rings is 1. The molecule has 0 bridgehead atoms. The number of carbonyl (C=O) groups is 2. The van der Waals surface area contributed by atoms with E-state index in [4.69, 9.17) is 0 Å². The molecule has 1 aromatic carbocycles. The van der Waals surface area contributed by atoms with Crippen LogP contribution in [-0.2, 0) is 4.79 Å². The molecule has 0 heterocycles. The summed E-state index contributed by atoms with van der Waals surface area (Å²) in [5.74, 6) is 0.118. The standard InChI is InChI=1S/C13H17NO2/c1-8-5-9(2)13(14-7-10(3)15)6-12(8)11(4)16/h5-6,14H,7H2,1-4H3. The number of anilines is 1. The summed E-state index contributed by atoms with van der Waals surface area (Å²) in [6, 6.07) is 3.77. The van der Waals surface area contributed by atoms with Gasteiger partial charge in [-0.15, -0.1) is 0 Å². The van der Waals surface area contributed by atoms with Crippen molar-refractivity contribution in [2.75, 3.05) is 11.9 Å². The lowest BCUT2D eigenvalue weighted by Gasteiger charge is -2.11. The molecule has 16 heavy (non-hydrogen) atoms. The maximum atomic E-state index is 11.4. The fourth-order valence-corrected chi connectivity index (χ4v) is 1.64. The number of carbonyl (C=O) groups excluding carboxylic acids is 2. The molecule has 0 atom stereocenters. The van der Waals surface area contributed by atoms with Gasteiger partial charge in [0.05, 0.1) is 6.54 Å². The van der Waals surface area contributed by atoms with E-state index in [1.165, 1.54) is 6.92 Å². The summed E-state index contributed by atoms with van der Waals surface area (Å²) >= 11 is 0. The van der Waals surface area contributed by atoms with Crippen molar-refractivity contribution in [1.82, 2.24) is 0 Å². The van der Waals surface area contributed by atoms with E-state index in [0.29, 0.717) is 12.1 Å². The van der Waals surface area contributed by atoms with Crippen molar-refractivity contribution in [3.8, 4) is 0 Å². The van der Waals surface area contributed by atoms with E-state index in [0.717, 1.165) is 16.8 Å². The molecule has 86 valence electrons. The number of hydrogen-bond donors (Lipinski definition) is 1. The summed E-state index contributed by atoms with van der Waals surface area (Å²) in [6.45, 7) is 7.24. The van der Waals surface area contributed by atoms with Gasteiger partial charge in [-0.05, 0) is 44.9 Å². The first-order valence-corrected chi connectivity index (χ1v) is 5.27. The Kier molecular flexibility index (Phi) is 3.82. The second kappa shape index (κ2) is 4.92. The number of aryl methyl sites for hydroxylation is 2. The molecular weight excluding hydrogens is 202 g/mol. The van der Waals surface area contributed by atoms with Gasteiger partial charge in [0, 0.05) is 11.3 Å². The van der Waals surface area contributed by atoms with Crippen LogP contribution < -0.4 is 5.32 Å². The maximum absolute atomic E-state index is 11.4. The fourth-order valence-electron chi connectivity index (χ4n) is 1.64. The minimum Gasteiger partial charge on any atom is -0.378 e. The Morgan fingerprint density at radius 2 is 1.75 bits per heavy atom. The molecule has 0 fully saturated rings. The van der Waals surface area contributed by atoms with Gasteiger partial charge in [0.15, 0.2) is 5.78 Å². The lowest BCUT2D eigenvalue weighted by Crippen LogP contribution is -2.11. The molecule has 0 aliphatic rings. The Morgan fingerprint density at radius 3 is 2.25 bits per heavy atom. The van der Waals surface area contributed by atoms with Gasteiger partial charge in [-0.1, -0.05) is 6.07 Å². The van der Waals surface area contributed by atoms with Gasteiger partial charge in [-0.2, -0.15) is 0 Å². The molecule has 0 spiro atoms. The average molecular weight is 219 g/mol. The molecule has 1 rings (SSSR count). The minimum absolute atomic E-state index is 0.0448. The van der Waals surface area contributed by atoms with E-state index in [9.17, 15) is 9.59 Å². The van der Waals surface area contributed by atoms with Crippen LogP contribution in [0.5, 0.6) is 0 Å². The van der Waals surface area contributed by atoms with E-state index in [1.54, 1.807) is 6.92 Å². The molecule has 3 heteroatoms. The van der Waals surface area contributed by atoms with Crippen LogP contribution in [-0.4, -0.2) is 18.1 Å². The van der Waals surface area contributed by atoms with Crippen molar-refractivity contribution >= 4 is 17.3 Å². The van der Waals surface area contributed by atoms with E-state index < -0.39 is 0 Å². The first kappa shape index (κ1) is 12.4. The summed E-state index contributed by atoms with van der Waals surface area (Å²) in [7, 11) is 0. The van der Waals surface area contributed by atoms with Gasteiger partial charge >= 0.3 is 0 Å². The van der Waals surface area contributed by atoms with Crippen molar-refractivity contribution in [1.29, 1.82) is 0 Å². The van der Waals surface area contributed by atoms with Gasteiger partial charge in [-0.3, -0.25) is 9.59 Å². The SMILES string of the molecule is CC(=O)CNc1cc(C(C)=O)c(C)cc1C. The van der Waals surface area contributed by atoms with Crippen LogP contribution in [0.15, 0.2) is 12.1 Å². The normalized spacial score (nSPS) is 10.0. The van der Waals surface area contributed by atoms with E-state index >= 15 is 0 Å². The van der Waals surface area contributed by atoms with Crippen LogP contribution in [0, 0.1) is 13.8 Å². The second-order valence-electron chi connectivity index (χ2n) is 4.09. The number of ketones is 2. The molecule has 0 radical (unpaired) electrons. The van der Waals surface area contributed by atoms with Gasteiger partial charge in [0.25, 0.3) is 0 Å². The molecule has 1 N–H and O–H groups in total. The van der Waals surface area contributed by atoms with E-state index in [-0.39, 0.29) is 11.6 Å². The topological polar surface area (TPSA) is 46.2 Å². The molecule has 0 saturated heterocycles. The molecule has 3 nitrogen and oxygen atoms in total. The summed E-state index contributed by atoms with van der Waals surface area (Å²) in [6.07, 6.45) is 0. The van der Waals surface area contributed by atoms with Crippen LogP contribution in [0.2, 0.25) is 0 Å². The lowest BCUT2D eigenvalue weighted by atomic mass is 10.0. The Hall–Kier alpha value is -1.64. The Bertz CT molecular complexity index is 436. The zero-order chi connectivity index (χ0) is 12.3. The lowest BCUT2D eigenvalue weighted by molar-refractivity contribution is -0.115. The summed E-state index contributed by atoms with van der Waals surface area (Å²) in [5.41, 5.74) is 3.57. The highest BCUT2D eigenvalue weighted by molar-refractivity contribution is 5.96. The van der Waals surface area contributed by atoms with Gasteiger partial charge in [0.2, 0.25) is 0 Å². The van der Waals surface area contributed by atoms with Gasteiger partial charge < -0.3 is 5.32 Å². The average Bonchev–Trinajstić information content (AvgIpc) is 2.15. The highest BCUT2D eigenvalue weighted by Gasteiger charge is 2.08. The monoisotopic (exact) mass is 219 g/mol. The first-order valence-electron chi connectivity index (χ1n) is 5.27. The third-order valence-electron chi connectivity index (χ3n) is 2.48. The van der Waals surface area contributed by atoms with Crippen molar-refractivity contribution in [3.05, 3.63) is 28.8 Å². The van der Waals surface area contributed by atoms with E-state index in [1.807, 2.05) is 26.0 Å². The van der Waals surface area contributed by atoms with Crippen LogP contribution >= 0.6 is 0 Å². The van der Waals surface area contributed by atoms with Crippen molar-refractivity contribution in [2.45, 2.75) is 27.7 Å². The van der Waals surface area contributed by atoms with Crippen LogP contribution in [0.3, 0.4) is 0 Å². The zero-order valence-electron chi connectivity index (χ0n) is 10.2. The molecular formula is C13H17NO2. The Labute approximate surface area is 95.9 Å². The second-order valence-corrected chi connectivity index (χ2v) is 4.09. The van der Waals surface area contributed by atoms with Gasteiger partial charge in [-0.25, -0.2) is 0 Å². The van der Waals surface area contributed by atoms with Crippen LogP contribution in [0.25, 0.3) is 0 Å². The number of hydrogen-bond acceptors (Lipinski definition) is 3. The van der Waals surface area contributed by atoms with E-state index in [2.05, 4.69) is 5.32 Å². The van der Waals surface area contributed by atoms with Crippen molar-refractivity contribution in [3.63, 3.8) is 0 Å². The van der Waals surface area contributed by atoms with Crippen LogP contribution in [0.4, 0.5) is 5.69 Å². The molecule has 0 saturated carbocycles. The molecule has 0 amide bonds. The van der Waals surface area contributed by atoms with Gasteiger partial charge in [0.1, 0.15) is 5.78 Å². The minimum atomic E-state index is 0.0448. The number of nitrogens with one attached hydrogen (secondary N) is 1. The predicted octanol–water partition coefficient (Wildman–Crippen LogP) is 2.51. The largest absolute Gasteiger partial charge is 0.378 e. The molecule has 1 aromatic rings. The first-order chi connectivity index (χ1) is 7.41. The smallest absolute Gasteiger partial charge is 0.160 e. The van der Waals surface area contributed by atoms with Crippen molar-refractivity contribution in [2.24, 2.45) is 0 Å². The maximum Gasteiger partial charge on any atom is 0.160 e. The predicted molar refractivity (Wildman–Crippen MR) is 65.1 cm³/mol. The summed E-state index contributed by atoms with van der Waals surface area (Å²) in [4.78, 5) is 22.3. The highest BCUT2D eigenvalue weighted by Crippen LogP contribution is 2.20. The number of Topliss-reactive ketones (excluding diaryl/α,β-unsaturated/α-hetero) is 2. The third kappa shape index (κ3) is 2.92. The zero-order valence-corrected chi connectivity index (χ0v) is 10.2. The third-order valence-corrected chi connectivity index (χ3v) is 2.48. The Balaban J connectivity index is 3.05. The Morgan fingerprint density at radius 1 is 1.12 bits per heavy atom. The fraction of sp³-hybridized carbons (Fsp3) is 0.385. The quantitative estimate of drug-likeness (QED) is 0.791.